The molecule has 0 amide bonds. The van der Waals surface area contributed by atoms with Gasteiger partial charge in [-0.05, 0) is 70.9 Å². The van der Waals surface area contributed by atoms with Crippen LogP contribution in [0.5, 0.6) is 11.5 Å². The van der Waals surface area contributed by atoms with E-state index in [2.05, 4.69) is 102 Å². The molecular weight excluding hydrogens is 894 g/mol. The lowest BCUT2D eigenvalue weighted by Crippen LogP contribution is -2.49. The Kier molecular flexibility index (Phi) is 14.8. The van der Waals surface area contributed by atoms with E-state index in [1.165, 1.54) is 13.8 Å². The fourth-order valence-electron chi connectivity index (χ4n) is 10.5. The molecule has 1 spiro atoms. The van der Waals surface area contributed by atoms with Gasteiger partial charge in [-0.2, -0.15) is 9.57 Å². The van der Waals surface area contributed by atoms with Gasteiger partial charge in [0.25, 0.3) is 8.53 Å². The first kappa shape index (κ1) is 50.5. The molecule has 4 aliphatic rings. The molecule has 0 bridgehead atoms. The van der Waals surface area contributed by atoms with Gasteiger partial charge in [-0.3, -0.25) is 9.59 Å². The summed E-state index contributed by atoms with van der Waals surface area (Å²) in [5.74, 6) is 0.332. The van der Waals surface area contributed by atoms with Gasteiger partial charge in [0.05, 0.1) is 56.9 Å². The molecule has 0 aromatic heterocycles. The Morgan fingerprint density at radius 1 is 0.731 bits per heavy atom. The van der Waals surface area contributed by atoms with Crippen LogP contribution >= 0.6 is 8.53 Å². The van der Waals surface area contributed by atoms with E-state index >= 15 is 8.42 Å². The Hall–Kier alpha value is -4.33. The summed E-state index contributed by atoms with van der Waals surface area (Å²) >= 11 is 0. The van der Waals surface area contributed by atoms with Crippen LogP contribution in [0.2, 0.25) is 0 Å². The number of benzene rings is 3. The van der Waals surface area contributed by atoms with Crippen LogP contribution in [-0.4, -0.2) is 113 Å². The van der Waals surface area contributed by atoms with Crippen LogP contribution < -0.4 is 14.5 Å². The highest BCUT2D eigenvalue weighted by Gasteiger charge is 2.61. The average Bonchev–Trinajstić information content (AvgIpc) is 3.66. The Labute approximate surface area is 398 Å². The average molecular weight is 962 g/mol. The fourth-order valence-corrected chi connectivity index (χ4v) is 14.0. The number of esters is 2. The van der Waals surface area contributed by atoms with E-state index < -0.39 is 34.9 Å². The van der Waals surface area contributed by atoms with E-state index in [1.807, 2.05) is 24.3 Å². The van der Waals surface area contributed by atoms with Gasteiger partial charge < -0.3 is 37.8 Å². The summed E-state index contributed by atoms with van der Waals surface area (Å²) in [5.41, 5.74) is 3.76. The number of hydrogen-bond acceptors (Lipinski definition) is 14. The number of fused-ring (bicyclic) bond motifs is 8. The summed E-state index contributed by atoms with van der Waals surface area (Å²) in [6.45, 7) is 26.2. The lowest BCUT2D eigenvalue weighted by Gasteiger charge is -2.44. The molecule has 3 aromatic carbocycles. The third kappa shape index (κ3) is 8.95. The van der Waals surface area contributed by atoms with E-state index in [1.54, 1.807) is 16.4 Å². The molecule has 67 heavy (non-hydrogen) atoms. The van der Waals surface area contributed by atoms with Gasteiger partial charge in [-0.1, -0.05) is 45.9 Å². The van der Waals surface area contributed by atoms with Crippen molar-refractivity contribution in [3.8, 4) is 17.6 Å². The molecule has 15 nitrogen and oxygen atoms in total. The maximum atomic E-state index is 15.4. The van der Waals surface area contributed by atoms with Gasteiger partial charge in [0.2, 0.25) is 10.0 Å². The minimum absolute atomic E-state index is 0.00419. The van der Waals surface area contributed by atoms with E-state index in [0.717, 1.165) is 22.5 Å². The molecule has 0 aliphatic carbocycles. The topological polar surface area (TPSA) is 160 Å². The maximum Gasteiger partial charge on any atom is 0.302 e. The molecular formula is C50H68N5O10PS. The van der Waals surface area contributed by atoms with Crippen molar-refractivity contribution in [2.24, 2.45) is 0 Å². The summed E-state index contributed by atoms with van der Waals surface area (Å²) in [7, 11) is -5.64. The predicted octanol–water partition coefficient (Wildman–Crippen LogP) is 8.50. The normalized spacial score (nSPS) is 20.6. The van der Waals surface area contributed by atoms with Crippen LogP contribution in [0.15, 0.2) is 53.4 Å². The van der Waals surface area contributed by atoms with E-state index in [-0.39, 0.29) is 93.6 Å². The SMILES string of the molecule is CC(=O)OCCN1c2cc3c(cc2C(C)(C)[C@H]1C)C1(c2cc4c(cc2O3)N(CCOC(C)=O)[C@H](C)C4(C)C)c2ccccc2S(=O)(=O)N1CCOCCOP(OCCC#N)N(C(C)C)C(C)C. The van der Waals surface area contributed by atoms with Gasteiger partial charge in [-0.25, -0.2) is 13.1 Å². The molecule has 0 radical (unpaired) electrons. The van der Waals surface area contributed by atoms with Crippen molar-refractivity contribution in [3.63, 3.8) is 0 Å². The molecule has 17 heteroatoms. The Bertz CT molecular complexity index is 2400. The van der Waals surface area contributed by atoms with Gasteiger partial charge in [-0.15, -0.1) is 0 Å². The number of nitrogens with zero attached hydrogens (tertiary/aromatic N) is 5. The molecule has 1 unspecified atom stereocenters. The van der Waals surface area contributed by atoms with Gasteiger partial charge >= 0.3 is 11.9 Å². The minimum atomic E-state index is -4.16. The second-order valence-electron chi connectivity index (χ2n) is 19.5. The van der Waals surface area contributed by atoms with Crippen LogP contribution in [0.4, 0.5) is 11.4 Å². The first-order valence-electron chi connectivity index (χ1n) is 23.4. The van der Waals surface area contributed by atoms with Crippen LogP contribution in [0, 0.1) is 11.3 Å². The molecule has 3 atom stereocenters. The zero-order valence-electron chi connectivity index (χ0n) is 41.2. The number of carbonyl (C=O) groups is 2. The molecule has 4 aliphatic heterocycles. The van der Waals surface area contributed by atoms with Crippen molar-refractivity contribution in [2.45, 2.75) is 135 Å². The van der Waals surface area contributed by atoms with Crippen LogP contribution in [0.25, 0.3) is 0 Å². The number of sulfonamides is 1. The summed E-state index contributed by atoms with van der Waals surface area (Å²) in [5, 5.41) is 9.17. The summed E-state index contributed by atoms with van der Waals surface area (Å²) in [6, 6.07) is 18.0. The van der Waals surface area contributed by atoms with Gasteiger partial charge in [0, 0.05) is 95.6 Å². The second-order valence-corrected chi connectivity index (χ2v) is 22.8. The number of ether oxygens (including phenoxy) is 4. The Balaban J connectivity index is 1.34. The largest absolute Gasteiger partial charge is 0.464 e. The molecule has 0 saturated heterocycles. The number of carbonyl (C=O) groups excluding carboxylic acids is 2. The Morgan fingerprint density at radius 2 is 1.24 bits per heavy atom. The first-order valence-corrected chi connectivity index (χ1v) is 26.0. The molecule has 0 saturated carbocycles. The molecule has 364 valence electrons. The van der Waals surface area contributed by atoms with E-state index in [0.29, 0.717) is 41.3 Å². The zero-order valence-corrected chi connectivity index (χ0v) is 42.9. The first-order chi connectivity index (χ1) is 31.6. The van der Waals surface area contributed by atoms with Crippen LogP contribution in [-0.2, 0) is 59.2 Å². The van der Waals surface area contributed by atoms with Crippen molar-refractivity contribution in [2.75, 3.05) is 69.1 Å². The van der Waals surface area contributed by atoms with Crippen molar-refractivity contribution >= 4 is 41.9 Å². The highest BCUT2D eigenvalue weighted by Crippen LogP contribution is 2.63. The summed E-state index contributed by atoms with van der Waals surface area (Å²) in [6.07, 6.45) is 0.246. The highest BCUT2D eigenvalue weighted by atomic mass is 32.2. The zero-order chi connectivity index (χ0) is 48.8. The molecule has 3 aromatic rings. The third-order valence-electron chi connectivity index (χ3n) is 14.3. The number of hydrogen-bond donors (Lipinski definition) is 0. The third-order valence-corrected chi connectivity index (χ3v) is 18.3. The predicted molar refractivity (Wildman–Crippen MR) is 258 cm³/mol. The molecule has 0 fully saturated rings. The smallest absolute Gasteiger partial charge is 0.302 e. The lowest BCUT2D eigenvalue weighted by atomic mass is 9.71. The quantitative estimate of drug-likeness (QED) is 0.0639. The molecule has 0 N–H and O–H groups in total. The van der Waals surface area contributed by atoms with Crippen LogP contribution in [0.3, 0.4) is 0 Å². The highest BCUT2D eigenvalue weighted by molar-refractivity contribution is 7.89. The molecule has 7 rings (SSSR count). The summed E-state index contributed by atoms with van der Waals surface area (Å²) in [4.78, 5) is 28.4. The fraction of sp³-hybridized carbons (Fsp3) is 0.580. The molecule has 4 heterocycles. The number of nitriles is 1. The van der Waals surface area contributed by atoms with Crippen molar-refractivity contribution < 1.29 is 46.0 Å². The second kappa shape index (κ2) is 19.6. The van der Waals surface area contributed by atoms with Crippen molar-refractivity contribution in [1.82, 2.24) is 8.98 Å². The maximum absolute atomic E-state index is 15.4. The van der Waals surface area contributed by atoms with Gasteiger partial charge in [0.1, 0.15) is 30.3 Å². The Morgan fingerprint density at radius 3 is 1.73 bits per heavy atom. The minimum Gasteiger partial charge on any atom is -0.464 e. The van der Waals surface area contributed by atoms with E-state index in [9.17, 15) is 9.59 Å². The van der Waals surface area contributed by atoms with Gasteiger partial charge in [0.15, 0.2) is 0 Å². The number of rotatable bonds is 19. The monoisotopic (exact) mass is 961 g/mol. The lowest BCUT2D eigenvalue weighted by molar-refractivity contribution is -0.141. The standard InChI is InChI=1S/C50H68N5O10PS/c1-32(2)55(33(3)4)66(63-22-15-18-51)64-27-26-60-23-21-54-50(38-16-13-14-17-47(38)67(54,58)59)41-28-39-43(52(19-24-61-36(7)56)34(5)48(39,9)10)30-45(41)65-46-31-44-40(29-42(46)50)49(11,12)35(6)53(44)20-25-62-37(8)57/h13-14,16-17,28-35H,15,19-27H2,1-12H3/t34-,35-,66?/m1/s1. The van der Waals surface area contributed by atoms with Crippen LogP contribution in [0.1, 0.15) is 117 Å². The van der Waals surface area contributed by atoms with Crippen molar-refractivity contribution in [1.29, 1.82) is 5.26 Å². The summed E-state index contributed by atoms with van der Waals surface area (Å²) < 4.78 is 71.1. The number of anilines is 2. The van der Waals surface area contributed by atoms with E-state index in [4.69, 9.17) is 33.3 Å². The van der Waals surface area contributed by atoms with Crippen molar-refractivity contribution in [3.05, 3.63) is 76.3 Å².